The molecular formula is C20H19ClF4N4O. The van der Waals surface area contributed by atoms with Gasteiger partial charge in [-0.2, -0.15) is 0 Å². The number of benzene rings is 1. The number of alkyl halides is 1. The largest absolute Gasteiger partial charge is 0.346 e. The number of hydrogen-bond acceptors (Lipinski definition) is 3. The summed E-state index contributed by atoms with van der Waals surface area (Å²) in [7, 11) is 0. The van der Waals surface area contributed by atoms with E-state index < -0.39 is 35.6 Å². The number of halogens is 5. The lowest BCUT2D eigenvalue weighted by molar-refractivity contribution is 0.0893. The molecule has 1 fully saturated rings. The molecule has 2 N–H and O–H groups in total. The van der Waals surface area contributed by atoms with Gasteiger partial charge in [-0.15, -0.1) is 12.4 Å². The van der Waals surface area contributed by atoms with E-state index in [1.54, 1.807) is 0 Å². The van der Waals surface area contributed by atoms with Crippen LogP contribution in [0.3, 0.4) is 0 Å². The summed E-state index contributed by atoms with van der Waals surface area (Å²) >= 11 is 0. The summed E-state index contributed by atoms with van der Waals surface area (Å²) in [6.45, 7) is 0.520. The highest BCUT2D eigenvalue weighted by molar-refractivity contribution is 6.07. The van der Waals surface area contributed by atoms with Crippen LogP contribution in [-0.4, -0.2) is 40.8 Å². The highest BCUT2D eigenvalue weighted by atomic mass is 35.5. The van der Waals surface area contributed by atoms with Gasteiger partial charge < -0.3 is 15.2 Å². The Labute approximate surface area is 175 Å². The average Bonchev–Trinajstić information content (AvgIpc) is 3.09. The predicted octanol–water partition coefficient (Wildman–Crippen LogP) is 3.35. The molecule has 30 heavy (non-hydrogen) atoms. The highest BCUT2D eigenvalue weighted by Crippen LogP contribution is 2.28. The molecule has 3 aromatic rings. The molecular weight excluding hydrogens is 424 g/mol. The van der Waals surface area contributed by atoms with Crippen molar-refractivity contribution in [3.8, 4) is 0 Å². The van der Waals surface area contributed by atoms with Crippen LogP contribution in [0, 0.1) is 17.5 Å². The van der Waals surface area contributed by atoms with E-state index in [0.29, 0.717) is 13.0 Å². The minimum Gasteiger partial charge on any atom is -0.346 e. The average molecular weight is 443 g/mol. The Morgan fingerprint density at radius 2 is 1.97 bits per heavy atom. The van der Waals surface area contributed by atoms with E-state index in [4.69, 9.17) is 0 Å². The topological polar surface area (TPSA) is 59.0 Å². The fraction of sp³-hybridized carbons (Fsp3) is 0.300. The van der Waals surface area contributed by atoms with E-state index in [9.17, 15) is 22.4 Å². The summed E-state index contributed by atoms with van der Waals surface area (Å²) in [4.78, 5) is 16.4. The third-order valence-corrected chi connectivity index (χ3v) is 5.09. The predicted molar refractivity (Wildman–Crippen MR) is 106 cm³/mol. The first kappa shape index (κ1) is 22.0. The Balaban J connectivity index is 0.00000256. The first-order valence-electron chi connectivity index (χ1n) is 9.16. The number of amides is 1. The van der Waals surface area contributed by atoms with Gasteiger partial charge in [0.2, 0.25) is 0 Å². The number of piperidine rings is 1. The van der Waals surface area contributed by atoms with Crippen molar-refractivity contribution in [2.75, 3.05) is 13.1 Å². The van der Waals surface area contributed by atoms with Crippen LogP contribution in [0.1, 0.15) is 22.3 Å². The van der Waals surface area contributed by atoms with Crippen molar-refractivity contribution in [3.63, 3.8) is 0 Å². The van der Waals surface area contributed by atoms with Gasteiger partial charge in [-0.1, -0.05) is 0 Å². The van der Waals surface area contributed by atoms with E-state index in [1.165, 1.54) is 23.0 Å². The molecule has 1 aromatic carbocycles. The maximum absolute atomic E-state index is 14.5. The number of rotatable bonds is 4. The van der Waals surface area contributed by atoms with Crippen LogP contribution in [0.4, 0.5) is 17.6 Å². The summed E-state index contributed by atoms with van der Waals surface area (Å²) < 4.78 is 58.4. The zero-order chi connectivity index (χ0) is 20.5. The third kappa shape index (κ3) is 4.13. The van der Waals surface area contributed by atoms with E-state index in [1.807, 2.05) is 0 Å². The lowest BCUT2D eigenvalue weighted by atomic mass is 10.0. The van der Waals surface area contributed by atoms with Crippen molar-refractivity contribution in [2.24, 2.45) is 0 Å². The number of fused-ring (bicyclic) bond motifs is 1. The number of carbonyl (C=O) groups excluding carboxylic acids is 1. The summed E-state index contributed by atoms with van der Waals surface area (Å²) in [5.41, 5.74) is -0.0830. The molecule has 2 aromatic heterocycles. The van der Waals surface area contributed by atoms with Crippen molar-refractivity contribution >= 4 is 29.2 Å². The second-order valence-electron chi connectivity index (χ2n) is 6.98. The molecule has 1 aliphatic rings. The number of nitrogens with one attached hydrogen (secondary N) is 2. The van der Waals surface area contributed by atoms with Gasteiger partial charge in [0.1, 0.15) is 23.6 Å². The lowest BCUT2D eigenvalue weighted by Crippen LogP contribution is -2.50. The van der Waals surface area contributed by atoms with Gasteiger partial charge in [0.05, 0.1) is 35.2 Å². The maximum atomic E-state index is 14.5. The minimum absolute atomic E-state index is 0. The van der Waals surface area contributed by atoms with Crippen molar-refractivity contribution < 1.29 is 22.4 Å². The normalized spacial score (nSPS) is 18.8. The van der Waals surface area contributed by atoms with Crippen LogP contribution in [0.2, 0.25) is 0 Å². The zero-order valence-electron chi connectivity index (χ0n) is 15.7. The van der Waals surface area contributed by atoms with Gasteiger partial charge in [0.25, 0.3) is 5.91 Å². The van der Waals surface area contributed by atoms with Crippen LogP contribution in [-0.2, 0) is 6.54 Å². The minimum atomic E-state index is -1.28. The fourth-order valence-electron chi connectivity index (χ4n) is 3.61. The quantitative estimate of drug-likeness (QED) is 0.609. The summed E-state index contributed by atoms with van der Waals surface area (Å²) in [5.74, 6) is -2.85. The second kappa shape index (κ2) is 9.01. The number of pyridine rings is 1. The molecule has 160 valence electrons. The van der Waals surface area contributed by atoms with Crippen LogP contribution in [0.25, 0.3) is 10.9 Å². The Morgan fingerprint density at radius 1 is 1.20 bits per heavy atom. The molecule has 1 amide bonds. The summed E-state index contributed by atoms with van der Waals surface area (Å²) in [5, 5.41) is 5.23. The van der Waals surface area contributed by atoms with Crippen molar-refractivity contribution in [1.29, 1.82) is 0 Å². The Kier molecular flexibility index (Phi) is 6.62. The highest BCUT2D eigenvalue weighted by Gasteiger charge is 2.28. The van der Waals surface area contributed by atoms with E-state index in [0.717, 1.165) is 18.3 Å². The fourth-order valence-corrected chi connectivity index (χ4v) is 3.61. The molecule has 10 heteroatoms. The molecule has 1 unspecified atom stereocenters. The molecule has 1 saturated heterocycles. The summed E-state index contributed by atoms with van der Waals surface area (Å²) in [6, 6.07) is 2.56. The molecule has 0 radical (unpaired) electrons. The lowest BCUT2D eigenvalue weighted by Gasteiger charge is -2.27. The number of carbonyl (C=O) groups is 1. The summed E-state index contributed by atoms with van der Waals surface area (Å²) in [6.07, 6.45) is 2.76. The Hall–Kier alpha value is -2.65. The standard InChI is InChI=1S/C20H18F4N4O.ClH/c21-13-1-2-14(22)19-18(13)12(20(29)27-17-4-6-26-8-16(17)24)10-28(19)9-11-3-5-25-7-15(11)23;/h1-3,5,7,10,16-17,26H,4,6,8-9H2,(H,27,29);1H/t16-,17?;/m0./s1. The first-order valence-corrected chi connectivity index (χ1v) is 9.16. The van der Waals surface area contributed by atoms with Crippen LogP contribution in [0.5, 0.6) is 0 Å². The molecule has 4 rings (SSSR count). The number of aromatic nitrogens is 2. The molecule has 0 spiro atoms. The molecule has 0 bridgehead atoms. The molecule has 2 atom stereocenters. The van der Waals surface area contributed by atoms with Crippen LogP contribution in [0.15, 0.2) is 36.8 Å². The van der Waals surface area contributed by atoms with Gasteiger partial charge >= 0.3 is 0 Å². The van der Waals surface area contributed by atoms with Gasteiger partial charge in [-0.05, 0) is 31.2 Å². The van der Waals surface area contributed by atoms with E-state index >= 15 is 0 Å². The molecule has 0 saturated carbocycles. The molecule has 5 nitrogen and oxygen atoms in total. The van der Waals surface area contributed by atoms with Crippen LogP contribution >= 0.6 is 12.4 Å². The zero-order valence-corrected chi connectivity index (χ0v) is 16.5. The molecule has 0 aliphatic carbocycles. The number of hydrogen-bond donors (Lipinski definition) is 2. The van der Waals surface area contributed by atoms with Crippen molar-refractivity contribution in [1.82, 2.24) is 20.2 Å². The Morgan fingerprint density at radius 3 is 2.70 bits per heavy atom. The monoisotopic (exact) mass is 442 g/mol. The van der Waals surface area contributed by atoms with Crippen molar-refractivity contribution in [2.45, 2.75) is 25.2 Å². The second-order valence-corrected chi connectivity index (χ2v) is 6.98. The van der Waals surface area contributed by atoms with Crippen LogP contribution < -0.4 is 10.6 Å². The smallest absolute Gasteiger partial charge is 0.253 e. The van der Waals surface area contributed by atoms with Crippen molar-refractivity contribution in [3.05, 3.63) is 65.4 Å². The van der Waals surface area contributed by atoms with Gasteiger partial charge in [-0.25, -0.2) is 17.6 Å². The maximum Gasteiger partial charge on any atom is 0.253 e. The molecule has 3 heterocycles. The van der Waals surface area contributed by atoms with Gasteiger partial charge in [0.15, 0.2) is 0 Å². The first-order chi connectivity index (χ1) is 14.0. The molecule has 1 aliphatic heterocycles. The van der Waals surface area contributed by atoms with E-state index in [2.05, 4.69) is 15.6 Å². The van der Waals surface area contributed by atoms with Gasteiger partial charge in [0, 0.05) is 24.5 Å². The number of nitrogens with zero attached hydrogens (tertiary/aromatic N) is 2. The SMILES string of the molecule is Cl.O=C(NC1CCNC[C@@H]1F)c1cn(Cc2ccncc2F)c2c(F)ccc(F)c12. The third-order valence-electron chi connectivity index (χ3n) is 5.09. The van der Waals surface area contributed by atoms with E-state index in [-0.39, 0.29) is 47.5 Å². The Bertz CT molecular complexity index is 1070. The van der Waals surface area contributed by atoms with Gasteiger partial charge in [-0.3, -0.25) is 9.78 Å².